The maximum absolute atomic E-state index is 13.4. The molecular weight excluding hydrogens is 330 g/mol. The normalized spacial score (nSPS) is 16.7. The van der Waals surface area contributed by atoms with E-state index in [2.05, 4.69) is 25.2 Å². The van der Waals surface area contributed by atoms with E-state index in [9.17, 15) is 4.79 Å². The average Bonchev–Trinajstić information content (AvgIpc) is 3.31. The number of aryl methyl sites for hydroxylation is 1. The van der Waals surface area contributed by atoms with Crippen molar-refractivity contribution in [3.8, 4) is 5.75 Å². The molecule has 1 aliphatic rings. The van der Waals surface area contributed by atoms with Crippen LogP contribution in [0, 0.1) is 6.92 Å². The van der Waals surface area contributed by atoms with Gasteiger partial charge in [-0.05, 0) is 25.1 Å². The summed E-state index contributed by atoms with van der Waals surface area (Å²) in [6.07, 6.45) is 3.31. The van der Waals surface area contributed by atoms with Gasteiger partial charge in [-0.25, -0.2) is 4.98 Å². The third kappa shape index (κ3) is 2.89. The summed E-state index contributed by atoms with van der Waals surface area (Å²) in [6, 6.07) is 5.54. The zero-order valence-corrected chi connectivity index (χ0v) is 15.0. The summed E-state index contributed by atoms with van der Waals surface area (Å²) in [4.78, 5) is 26.2. The van der Waals surface area contributed by atoms with Gasteiger partial charge in [0, 0.05) is 60.7 Å². The van der Waals surface area contributed by atoms with Crippen molar-refractivity contribution >= 4 is 16.7 Å². The number of imidazole rings is 1. The summed E-state index contributed by atoms with van der Waals surface area (Å²) in [5.74, 6) is 1.16. The minimum absolute atomic E-state index is 0.0104. The van der Waals surface area contributed by atoms with E-state index < -0.39 is 0 Å². The smallest absolute Gasteiger partial charge is 0.219 e. The van der Waals surface area contributed by atoms with Gasteiger partial charge in [-0.2, -0.15) is 0 Å². The number of rotatable bonds is 5. The molecule has 7 heteroatoms. The highest BCUT2D eigenvalue weighted by Crippen LogP contribution is 2.35. The summed E-state index contributed by atoms with van der Waals surface area (Å²) in [6.45, 7) is 5.38. The third-order valence-corrected chi connectivity index (χ3v) is 5.01. The van der Waals surface area contributed by atoms with Crippen molar-refractivity contribution in [3.63, 3.8) is 0 Å². The first-order valence-electron chi connectivity index (χ1n) is 8.83. The molecule has 7 nitrogen and oxygen atoms in total. The Hall–Kier alpha value is -2.64. The van der Waals surface area contributed by atoms with Crippen LogP contribution in [0.1, 0.15) is 27.9 Å². The van der Waals surface area contributed by atoms with Crippen molar-refractivity contribution in [2.45, 2.75) is 13.0 Å². The Kier molecular flexibility index (Phi) is 4.48. The maximum Gasteiger partial charge on any atom is 0.219 e. The zero-order chi connectivity index (χ0) is 18.1. The molecule has 0 amide bonds. The molecule has 1 atom stereocenters. The molecule has 136 valence electrons. The van der Waals surface area contributed by atoms with Crippen molar-refractivity contribution in [1.82, 2.24) is 25.2 Å². The SMILES string of the molecule is COc1ccc2[nH]c(C)c(C(C(=O)c3ncc[nH]3)N3CCNCC3)c2c1. The fraction of sp³-hybridized carbons (Fsp3) is 0.368. The standard InChI is InChI=1S/C19H23N5O2/c1-12-16(14-11-13(26-2)3-4-15(14)23-12)17(24-9-7-20-8-10-24)18(25)19-21-5-6-22-19/h3-6,11,17,20,23H,7-10H2,1-2H3,(H,21,22). The van der Waals surface area contributed by atoms with Gasteiger partial charge in [0.15, 0.2) is 5.82 Å². The summed E-state index contributed by atoms with van der Waals surface area (Å²) >= 11 is 0. The third-order valence-electron chi connectivity index (χ3n) is 5.01. The van der Waals surface area contributed by atoms with Gasteiger partial charge in [-0.3, -0.25) is 9.69 Å². The van der Waals surface area contributed by atoms with Gasteiger partial charge in [0.25, 0.3) is 0 Å². The van der Waals surface area contributed by atoms with E-state index in [4.69, 9.17) is 4.74 Å². The van der Waals surface area contributed by atoms with E-state index in [1.54, 1.807) is 19.5 Å². The number of methoxy groups -OCH3 is 1. The highest BCUT2D eigenvalue weighted by Gasteiger charge is 2.34. The lowest BCUT2D eigenvalue weighted by molar-refractivity contribution is 0.0786. The molecule has 0 bridgehead atoms. The molecular formula is C19H23N5O2. The van der Waals surface area contributed by atoms with Crippen molar-refractivity contribution in [2.75, 3.05) is 33.3 Å². The van der Waals surface area contributed by atoms with Gasteiger partial charge in [-0.15, -0.1) is 0 Å². The van der Waals surface area contributed by atoms with Crippen LogP contribution in [0.2, 0.25) is 0 Å². The van der Waals surface area contributed by atoms with E-state index in [-0.39, 0.29) is 11.8 Å². The molecule has 1 unspecified atom stereocenters. The Morgan fingerprint density at radius 3 is 2.81 bits per heavy atom. The number of aromatic nitrogens is 3. The van der Waals surface area contributed by atoms with E-state index in [1.807, 2.05) is 25.1 Å². The van der Waals surface area contributed by atoms with Crippen molar-refractivity contribution in [2.24, 2.45) is 0 Å². The second-order valence-electron chi connectivity index (χ2n) is 6.57. The molecule has 2 aromatic heterocycles. The number of nitrogens with one attached hydrogen (secondary N) is 3. The Balaban J connectivity index is 1.86. The van der Waals surface area contributed by atoms with E-state index >= 15 is 0 Å². The first-order chi connectivity index (χ1) is 12.7. The fourth-order valence-electron chi connectivity index (χ4n) is 3.76. The number of hydrogen-bond donors (Lipinski definition) is 3. The van der Waals surface area contributed by atoms with Crippen molar-refractivity contribution < 1.29 is 9.53 Å². The monoisotopic (exact) mass is 353 g/mol. The number of piperazine rings is 1. The van der Waals surface area contributed by atoms with Gasteiger partial charge < -0.3 is 20.0 Å². The Labute approximate surface area is 151 Å². The lowest BCUT2D eigenvalue weighted by atomic mass is 9.96. The number of fused-ring (bicyclic) bond motifs is 1. The molecule has 3 heterocycles. The van der Waals surface area contributed by atoms with E-state index in [1.165, 1.54) is 0 Å². The largest absolute Gasteiger partial charge is 0.497 e. The molecule has 1 saturated heterocycles. The maximum atomic E-state index is 13.4. The average molecular weight is 353 g/mol. The predicted molar refractivity (Wildman–Crippen MR) is 99.7 cm³/mol. The molecule has 1 fully saturated rings. The summed E-state index contributed by atoms with van der Waals surface area (Å²) in [7, 11) is 1.65. The number of aromatic amines is 2. The molecule has 4 rings (SSSR count). The number of carbonyl (C=O) groups excluding carboxylic acids is 1. The summed E-state index contributed by atoms with van der Waals surface area (Å²) in [5.41, 5.74) is 3.00. The molecule has 0 saturated carbocycles. The number of hydrogen-bond acceptors (Lipinski definition) is 5. The summed E-state index contributed by atoms with van der Waals surface area (Å²) in [5, 5.41) is 4.37. The van der Waals surface area contributed by atoms with Gasteiger partial charge in [0.2, 0.25) is 5.78 Å². The van der Waals surface area contributed by atoms with Crippen molar-refractivity contribution in [3.05, 3.63) is 47.7 Å². The Bertz CT molecular complexity index is 910. The number of nitrogens with zero attached hydrogens (tertiary/aromatic N) is 2. The van der Waals surface area contributed by atoms with Crippen LogP contribution < -0.4 is 10.1 Å². The van der Waals surface area contributed by atoms with Gasteiger partial charge in [0.05, 0.1) is 7.11 Å². The number of ether oxygens (including phenoxy) is 1. The van der Waals surface area contributed by atoms with Crippen LogP contribution in [-0.2, 0) is 0 Å². The second kappa shape index (κ2) is 6.93. The molecule has 26 heavy (non-hydrogen) atoms. The first kappa shape index (κ1) is 16.8. The molecule has 1 aromatic carbocycles. The van der Waals surface area contributed by atoms with Crippen LogP contribution in [-0.4, -0.2) is 58.9 Å². The molecule has 0 aliphatic carbocycles. The van der Waals surface area contributed by atoms with Crippen LogP contribution in [0.3, 0.4) is 0 Å². The first-order valence-corrected chi connectivity index (χ1v) is 8.83. The Morgan fingerprint density at radius 1 is 1.31 bits per heavy atom. The minimum Gasteiger partial charge on any atom is -0.497 e. The number of H-pyrrole nitrogens is 2. The topological polar surface area (TPSA) is 86.0 Å². The van der Waals surface area contributed by atoms with Crippen molar-refractivity contribution in [1.29, 1.82) is 0 Å². The molecule has 0 radical (unpaired) electrons. The van der Waals surface area contributed by atoms with Crippen LogP contribution in [0.4, 0.5) is 0 Å². The second-order valence-corrected chi connectivity index (χ2v) is 6.57. The lowest BCUT2D eigenvalue weighted by Crippen LogP contribution is -2.47. The van der Waals surface area contributed by atoms with Crippen LogP contribution in [0.25, 0.3) is 10.9 Å². The van der Waals surface area contributed by atoms with Gasteiger partial charge in [0.1, 0.15) is 11.8 Å². The fourth-order valence-corrected chi connectivity index (χ4v) is 3.76. The lowest BCUT2D eigenvalue weighted by Gasteiger charge is -2.34. The minimum atomic E-state index is -0.385. The molecule has 1 aliphatic heterocycles. The van der Waals surface area contributed by atoms with Crippen LogP contribution in [0.15, 0.2) is 30.6 Å². The Morgan fingerprint density at radius 2 is 2.12 bits per heavy atom. The predicted octanol–water partition coefficient (Wildman–Crippen LogP) is 2.04. The number of carbonyl (C=O) groups is 1. The quantitative estimate of drug-likeness (QED) is 0.611. The van der Waals surface area contributed by atoms with E-state index in [0.29, 0.717) is 5.82 Å². The van der Waals surface area contributed by atoms with Crippen LogP contribution >= 0.6 is 0 Å². The molecule has 3 N–H and O–H groups in total. The number of benzene rings is 1. The zero-order valence-electron chi connectivity index (χ0n) is 15.0. The molecule has 3 aromatic rings. The highest BCUT2D eigenvalue weighted by atomic mass is 16.5. The van der Waals surface area contributed by atoms with E-state index in [0.717, 1.165) is 54.1 Å². The van der Waals surface area contributed by atoms with Gasteiger partial charge in [-0.1, -0.05) is 0 Å². The van der Waals surface area contributed by atoms with Gasteiger partial charge >= 0.3 is 0 Å². The highest BCUT2D eigenvalue weighted by molar-refractivity contribution is 6.01. The summed E-state index contributed by atoms with van der Waals surface area (Å²) < 4.78 is 5.40. The molecule has 0 spiro atoms. The number of ketones is 1. The van der Waals surface area contributed by atoms with Crippen LogP contribution in [0.5, 0.6) is 5.75 Å². The number of Topliss-reactive ketones (excluding diaryl/α,β-unsaturated/α-hetero) is 1.